The number of hydrogen-bond acceptors (Lipinski definition) is 4. The molecule has 0 radical (unpaired) electrons. The summed E-state index contributed by atoms with van der Waals surface area (Å²) in [6, 6.07) is 0. The van der Waals surface area contributed by atoms with E-state index in [0.717, 1.165) is 12.3 Å². The Morgan fingerprint density at radius 2 is 2.41 bits per heavy atom. The zero-order valence-electron chi connectivity index (χ0n) is 9.80. The Hall–Kier alpha value is -1.01. The molecule has 0 aromatic rings. The van der Waals surface area contributed by atoms with Crippen LogP contribution in [0.4, 0.5) is 4.79 Å². The van der Waals surface area contributed by atoms with Gasteiger partial charge in [0, 0.05) is 38.4 Å². The van der Waals surface area contributed by atoms with Gasteiger partial charge in [0.25, 0.3) is 5.24 Å². The summed E-state index contributed by atoms with van der Waals surface area (Å²) in [7, 11) is 0. The van der Waals surface area contributed by atoms with Gasteiger partial charge in [0.15, 0.2) is 0 Å². The number of aliphatic hydroxyl groups is 1. The van der Waals surface area contributed by atoms with Gasteiger partial charge in [-0.3, -0.25) is 9.59 Å². The maximum Gasteiger partial charge on any atom is 0.281 e. The van der Waals surface area contributed by atoms with Gasteiger partial charge >= 0.3 is 0 Å². The van der Waals surface area contributed by atoms with Crippen molar-refractivity contribution in [2.75, 3.05) is 38.5 Å². The molecule has 1 aliphatic heterocycles. The number of aliphatic hydroxyl groups excluding tert-OH is 1. The molecule has 0 aliphatic carbocycles. The quantitative estimate of drug-likeness (QED) is 0.678. The molecule has 0 saturated carbocycles. The van der Waals surface area contributed by atoms with Gasteiger partial charge in [0.2, 0.25) is 5.91 Å². The smallest absolute Gasteiger partial charge is 0.281 e. The first-order valence-corrected chi connectivity index (χ1v) is 6.59. The van der Waals surface area contributed by atoms with Crippen LogP contribution in [0.15, 0.2) is 12.7 Å². The first-order valence-electron chi connectivity index (χ1n) is 5.60. The molecule has 6 heteroatoms. The Kier molecular flexibility index (Phi) is 6.07. The van der Waals surface area contributed by atoms with Gasteiger partial charge in [-0.25, -0.2) is 0 Å². The lowest BCUT2D eigenvalue weighted by Gasteiger charge is -2.21. The molecule has 0 unspecified atom stereocenters. The molecule has 1 saturated heterocycles. The average molecular weight is 258 g/mol. The topological polar surface area (TPSA) is 60.9 Å². The van der Waals surface area contributed by atoms with Crippen LogP contribution < -0.4 is 0 Å². The number of amides is 2. The third-order valence-corrected chi connectivity index (χ3v) is 3.40. The highest BCUT2D eigenvalue weighted by atomic mass is 32.2. The lowest BCUT2D eigenvalue weighted by atomic mass is 10.3. The molecule has 17 heavy (non-hydrogen) atoms. The van der Waals surface area contributed by atoms with Crippen molar-refractivity contribution in [1.29, 1.82) is 0 Å². The fraction of sp³-hybridized carbons (Fsp3) is 0.636. The fourth-order valence-electron chi connectivity index (χ4n) is 1.61. The molecule has 1 fully saturated rings. The Morgan fingerprint density at radius 3 is 2.94 bits per heavy atom. The summed E-state index contributed by atoms with van der Waals surface area (Å²) < 4.78 is 0. The van der Waals surface area contributed by atoms with E-state index in [1.54, 1.807) is 15.9 Å². The van der Waals surface area contributed by atoms with Crippen molar-refractivity contribution < 1.29 is 14.7 Å². The van der Waals surface area contributed by atoms with E-state index < -0.39 is 0 Å². The molecule has 1 aliphatic rings. The minimum atomic E-state index is -0.0575. The van der Waals surface area contributed by atoms with Crippen LogP contribution in [-0.2, 0) is 4.79 Å². The monoisotopic (exact) mass is 258 g/mol. The zero-order valence-corrected chi connectivity index (χ0v) is 10.6. The molecule has 0 aromatic heterocycles. The summed E-state index contributed by atoms with van der Waals surface area (Å²) >= 11 is 1.29. The standard InChI is InChI=1S/C11H18N2O3S/c1-2-4-12(6-8-14)10(15)3-5-13-7-9-17-11(13)16/h2,14H,1,3-9H2. The minimum Gasteiger partial charge on any atom is -0.395 e. The average Bonchev–Trinajstić information content (AvgIpc) is 2.71. The first-order chi connectivity index (χ1) is 8.19. The maximum absolute atomic E-state index is 11.8. The molecule has 0 atom stereocenters. The molecular weight excluding hydrogens is 240 g/mol. The summed E-state index contributed by atoms with van der Waals surface area (Å²) in [5.74, 6) is 0.753. The second-order valence-corrected chi connectivity index (χ2v) is 4.75. The van der Waals surface area contributed by atoms with E-state index in [0.29, 0.717) is 26.1 Å². The SMILES string of the molecule is C=CCN(CCO)C(=O)CCN1CCSC1=O. The predicted octanol–water partition coefficient (Wildman–Crippen LogP) is 0.552. The largest absolute Gasteiger partial charge is 0.395 e. The van der Waals surface area contributed by atoms with Gasteiger partial charge in [0.05, 0.1) is 6.61 Å². The third kappa shape index (κ3) is 4.40. The third-order valence-electron chi connectivity index (χ3n) is 2.51. The van der Waals surface area contributed by atoms with E-state index in [2.05, 4.69) is 6.58 Å². The van der Waals surface area contributed by atoms with Crippen LogP contribution in [0.2, 0.25) is 0 Å². The summed E-state index contributed by atoms with van der Waals surface area (Å²) in [5, 5.41) is 8.89. The lowest BCUT2D eigenvalue weighted by Crippen LogP contribution is -2.36. The van der Waals surface area contributed by atoms with E-state index in [1.807, 2.05) is 0 Å². The number of carbonyl (C=O) groups is 2. The summed E-state index contributed by atoms with van der Waals surface area (Å²) in [4.78, 5) is 26.4. The van der Waals surface area contributed by atoms with Crippen LogP contribution >= 0.6 is 11.8 Å². The Bertz CT molecular complexity index is 296. The van der Waals surface area contributed by atoms with Crippen LogP contribution in [0.5, 0.6) is 0 Å². The molecule has 1 rings (SSSR count). The molecule has 1 N–H and O–H groups in total. The number of nitrogens with zero attached hydrogens (tertiary/aromatic N) is 2. The molecule has 5 nitrogen and oxygen atoms in total. The molecule has 1 heterocycles. The normalized spacial score (nSPS) is 15.1. The van der Waals surface area contributed by atoms with Crippen LogP contribution in [0.1, 0.15) is 6.42 Å². The van der Waals surface area contributed by atoms with E-state index in [1.165, 1.54) is 11.8 Å². The van der Waals surface area contributed by atoms with Crippen molar-refractivity contribution in [3.63, 3.8) is 0 Å². The number of hydrogen-bond donors (Lipinski definition) is 1. The number of carbonyl (C=O) groups excluding carboxylic acids is 2. The lowest BCUT2D eigenvalue weighted by molar-refractivity contribution is -0.131. The number of rotatable bonds is 7. The van der Waals surface area contributed by atoms with E-state index in [9.17, 15) is 9.59 Å². The highest BCUT2D eigenvalue weighted by molar-refractivity contribution is 8.13. The fourth-order valence-corrected chi connectivity index (χ4v) is 2.46. The van der Waals surface area contributed by atoms with Gasteiger partial charge in [0.1, 0.15) is 0 Å². The van der Waals surface area contributed by atoms with Gasteiger partial charge in [-0.1, -0.05) is 17.8 Å². The van der Waals surface area contributed by atoms with E-state index in [-0.39, 0.29) is 17.8 Å². The molecule has 0 aromatic carbocycles. The Labute approximate surface area is 105 Å². The highest BCUT2D eigenvalue weighted by Crippen LogP contribution is 2.17. The van der Waals surface area contributed by atoms with Crippen molar-refractivity contribution in [2.45, 2.75) is 6.42 Å². The van der Waals surface area contributed by atoms with Crippen molar-refractivity contribution in [1.82, 2.24) is 9.80 Å². The van der Waals surface area contributed by atoms with Crippen LogP contribution in [0.3, 0.4) is 0 Å². The molecular formula is C11H18N2O3S. The van der Waals surface area contributed by atoms with Crippen molar-refractivity contribution in [2.24, 2.45) is 0 Å². The molecule has 96 valence electrons. The molecule has 0 spiro atoms. The van der Waals surface area contributed by atoms with Crippen molar-refractivity contribution in [3.05, 3.63) is 12.7 Å². The minimum absolute atomic E-state index is 0.0511. The van der Waals surface area contributed by atoms with Gasteiger partial charge < -0.3 is 14.9 Å². The summed E-state index contributed by atoms with van der Waals surface area (Å²) in [6.45, 7) is 5.44. The van der Waals surface area contributed by atoms with Gasteiger partial charge in [-0.2, -0.15) is 0 Å². The van der Waals surface area contributed by atoms with Gasteiger partial charge in [-0.15, -0.1) is 6.58 Å². The first kappa shape index (κ1) is 14.1. The molecule has 0 bridgehead atoms. The zero-order chi connectivity index (χ0) is 12.7. The van der Waals surface area contributed by atoms with Crippen molar-refractivity contribution in [3.8, 4) is 0 Å². The number of thioether (sulfide) groups is 1. The Balaban J connectivity index is 2.35. The highest BCUT2D eigenvalue weighted by Gasteiger charge is 2.22. The van der Waals surface area contributed by atoms with Crippen LogP contribution in [-0.4, -0.2) is 64.6 Å². The van der Waals surface area contributed by atoms with Crippen LogP contribution in [0.25, 0.3) is 0 Å². The summed E-state index contributed by atoms with van der Waals surface area (Å²) in [6.07, 6.45) is 1.94. The van der Waals surface area contributed by atoms with Gasteiger partial charge in [-0.05, 0) is 0 Å². The second-order valence-electron chi connectivity index (χ2n) is 3.70. The summed E-state index contributed by atoms with van der Waals surface area (Å²) in [5.41, 5.74) is 0. The second kappa shape index (κ2) is 7.34. The Morgan fingerprint density at radius 1 is 1.65 bits per heavy atom. The maximum atomic E-state index is 11.8. The predicted molar refractivity (Wildman–Crippen MR) is 67.9 cm³/mol. The van der Waals surface area contributed by atoms with Crippen LogP contribution in [0, 0.1) is 0 Å². The van der Waals surface area contributed by atoms with E-state index >= 15 is 0 Å². The van der Waals surface area contributed by atoms with E-state index in [4.69, 9.17) is 5.11 Å². The molecule has 2 amide bonds. The van der Waals surface area contributed by atoms with Crippen molar-refractivity contribution >= 4 is 22.9 Å².